The minimum atomic E-state index is 0.0349. The highest BCUT2D eigenvalue weighted by atomic mass is 16.5. The number of hydrogen-bond donors (Lipinski definition) is 2. The van der Waals surface area contributed by atoms with Crippen LogP contribution in [-0.2, 0) is 0 Å². The Bertz CT molecular complexity index is 1030. The van der Waals surface area contributed by atoms with Gasteiger partial charge in [-0.15, -0.1) is 0 Å². The van der Waals surface area contributed by atoms with Gasteiger partial charge in [0.25, 0.3) is 0 Å². The molecule has 2 N–H and O–H groups in total. The standard InChI is InChI=1S/C23H22N4O/c1-28-21-8-3-2-7-18(21)20-14-27-23-19(20)12-17(13-26-23)15-5-4-6-16(11-15)22-24-9-10-25-22/h2-8,11-14,19,23,27H,9-10H2,1H3,(H,24,25). The molecule has 0 fully saturated rings. The lowest BCUT2D eigenvalue weighted by molar-refractivity contribution is 0.413. The van der Waals surface area contributed by atoms with Crippen molar-refractivity contribution in [3.05, 3.63) is 77.5 Å². The van der Waals surface area contributed by atoms with Crippen LogP contribution in [-0.4, -0.2) is 38.4 Å². The van der Waals surface area contributed by atoms with Gasteiger partial charge >= 0.3 is 0 Å². The molecule has 0 aliphatic carbocycles. The van der Waals surface area contributed by atoms with Gasteiger partial charge in [-0.25, -0.2) is 0 Å². The summed E-state index contributed by atoms with van der Waals surface area (Å²) in [5.74, 6) is 2.03. The van der Waals surface area contributed by atoms with Crippen LogP contribution in [0.2, 0.25) is 0 Å². The Kier molecular flexibility index (Phi) is 4.20. The average Bonchev–Trinajstić information content (AvgIpc) is 3.43. The topological polar surface area (TPSA) is 58.0 Å². The van der Waals surface area contributed by atoms with Gasteiger partial charge in [-0.1, -0.05) is 42.5 Å². The third-order valence-electron chi connectivity index (χ3n) is 5.40. The van der Waals surface area contributed by atoms with E-state index in [1.807, 2.05) is 24.4 Å². The van der Waals surface area contributed by atoms with E-state index in [9.17, 15) is 0 Å². The highest BCUT2D eigenvalue weighted by molar-refractivity contribution is 6.12. The van der Waals surface area contributed by atoms with E-state index in [0.717, 1.165) is 46.9 Å². The van der Waals surface area contributed by atoms with E-state index < -0.39 is 0 Å². The van der Waals surface area contributed by atoms with Crippen molar-refractivity contribution in [2.24, 2.45) is 15.9 Å². The molecule has 0 amide bonds. The molecular weight excluding hydrogens is 348 g/mol. The van der Waals surface area contributed by atoms with Gasteiger partial charge < -0.3 is 15.4 Å². The molecule has 2 atom stereocenters. The van der Waals surface area contributed by atoms with Gasteiger partial charge in [0.1, 0.15) is 17.8 Å². The Labute approximate surface area is 164 Å². The van der Waals surface area contributed by atoms with Gasteiger partial charge in [0.2, 0.25) is 0 Å². The van der Waals surface area contributed by atoms with Crippen molar-refractivity contribution in [2.75, 3.05) is 20.2 Å². The molecule has 0 bridgehead atoms. The molecule has 2 aromatic rings. The first-order valence-electron chi connectivity index (χ1n) is 9.57. The number of amidine groups is 1. The third-order valence-corrected chi connectivity index (χ3v) is 5.40. The van der Waals surface area contributed by atoms with Crippen molar-refractivity contribution in [3.63, 3.8) is 0 Å². The van der Waals surface area contributed by atoms with Crippen molar-refractivity contribution < 1.29 is 4.74 Å². The first kappa shape index (κ1) is 16.8. The largest absolute Gasteiger partial charge is 0.496 e. The summed E-state index contributed by atoms with van der Waals surface area (Å²) >= 11 is 0. The maximum absolute atomic E-state index is 5.57. The van der Waals surface area contributed by atoms with Crippen molar-refractivity contribution in [2.45, 2.75) is 6.17 Å². The van der Waals surface area contributed by atoms with Gasteiger partial charge in [0.05, 0.1) is 13.7 Å². The molecule has 0 saturated carbocycles. The fraction of sp³-hybridized carbons (Fsp3) is 0.217. The Morgan fingerprint density at radius 1 is 1.07 bits per heavy atom. The third kappa shape index (κ3) is 2.89. The van der Waals surface area contributed by atoms with E-state index in [1.165, 1.54) is 5.57 Å². The highest BCUT2D eigenvalue weighted by Gasteiger charge is 2.32. The Hall–Kier alpha value is -3.34. The van der Waals surface area contributed by atoms with E-state index in [4.69, 9.17) is 9.73 Å². The SMILES string of the molecule is COc1ccccc1C1=CNC2N=CC(c3cccc(C4=NCCN4)c3)=CC12. The molecule has 5 heteroatoms. The van der Waals surface area contributed by atoms with Crippen LogP contribution in [0.15, 0.2) is 70.8 Å². The first-order valence-corrected chi connectivity index (χ1v) is 9.57. The highest BCUT2D eigenvalue weighted by Crippen LogP contribution is 2.39. The number of methoxy groups -OCH3 is 1. The van der Waals surface area contributed by atoms with Crippen molar-refractivity contribution >= 4 is 23.2 Å². The fourth-order valence-electron chi connectivity index (χ4n) is 4.01. The number of nitrogens with zero attached hydrogens (tertiary/aromatic N) is 2. The lowest BCUT2D eigenvalue weighted by atomic mass is 9.88. The molecule has 0 radical (unpaired) electrons. The summed E-state index contributed by atoms with van der Waals surface area (Å²) in [6.45, 7) is 1.75. The zero-order valence-corrected chi connectivity index (χ0v) is 15.7. The minimum Gasteiger partial charge on any atom is -0.496 e. The second-order valence-electron chi connectivity index (χ2n) is 7.08. The second-order valence-corrected chi connectivity index (χ2v) is 7.08. The van der Waals surface area contributed by atoms with Gasteiger partial charge in [0, 0.05) is 36.0 Å². The van der Waals surface area contributed by atoms with Crippen LogP contribution >= 0.6 is 0 Å². The number of benzene rings is 2. The summed E-state index contributed by atoms with van der Waals surface area (Å²) in [6, 6.07) is 16.6. The van der Waals surface area contributed by atoms with Crippen molar-refractivity contribution in [1.82, 2.24) is 10.6 Å². The van der Waals surface area contributed by atoms with Gasteiger partial charge in [0.15, 0.2) is 0 Å². The molecule has 5 nitrogen and oxygen atoms in total. The number of nitrogens with one attached hydrogen (secondary N) is 2. The lowest BCUT2D eigenvalue weighted by Crippen LogP contribution is -2.26. The van der Waals surface area contributed by atoms with Crippen LogP contribution in [0.25, 0.3) is 11.1 Å². The normalized spacial score (nSPS) is 22.5. The second kappa shape index (κ2) is 7.00. The van der Waals surface area contributed by atoms with Crippen LogP contribution in [0.4, 0.5) is 0 Å². The number of aliphatic imine (C=N–C) groups is 2. The molecule has 0 aromatic heterocycles. The Balaban J connectivity index is 1.49. The number of ether oxygens (including phenoxy) is 1. The molecule has 3 heterocycles. The van der Waals surface area contributed by atoms with Gasteiger partial charge in [-0.2, -0.15) is 0 Å². The smallest absolute Gasteiger partial charge is 0.128 e. The van der Waals surface area contributed by atoms with E-state index in [1.54, 1.807) is 7.11 Å². The summed E-state index contributed by atoms with van der Waals surface area (Å²) in [5, 5.41) is 6.74. The molecule has 2 aromatic carbocycles. The molecule has 5 rings (SSSR count). The zero-order valence-electron chi connectivity index (χ0n) is 15.7. The average molecular weight is 370 g/mol. The summed E-state index contributed by atoms with van der Waals surface area (Å²) in [7, 11) is 1.71. The van der Waals surface area contributed by atoms with E-state index in [-0.39, 0.29) is 12.1 Å². The predicted octanol–water partition coefficient (Wildman–Crippen LogP) is 3.10. The number of dihydropyridines is 1. The predicted molar refractivity (Wildman–Crippen MR) is 114 cm³/mol. The van der Waals surface area contributed by atoms with Crippen LogP contribution in [0.5, 0.6) is 5.75 Å². The van der Waals surface area contributed by atoms with Crippen LogP contribution < -0.4 is 15.4 Å². The number of hydrogen-bond acceptors (Lipinski definition) is 5. The van der Waals surface area contributed by atoms with Crippen LogP contribution in [0.1, 0.15) is 16.7 Å². The maximum Gasteiger partial charge on any atom is 0.128 e. The summed E-state index contributed by atoms with van der Waals surface area (Å²) in [6.07, 6.45) is 6.37. The molecule has 3 aliphatic heterocycles. The van der Waals surface area contributed by atoms with E-state index in [2.05, 4.69) is 58.2 Å². The van der Waals surface area contributed by atoms with E-state index in [0.29, 0.717) is 0 Å². The molecular formula is C23H22N4O. The van der Waals surface area contributed by atoms with E-state index >= 15 is 0 Å². The number of rotatable bonds is 4. The lowest BCUT2D eigenvalue weighted by Gasteiger charge is -2.22. The van der Waals surface area contributed by atoms with Crippen LogP contribution in [0.3, 0.4) is 0 Å². The number of fused-ring (bicyclic) bond motifs is 1. The Morgan fingerprint density at radius 3 is 2.82 bits per heavy atom. The molecule has 28 heavy (non-hydrogen) atoms. The summed E-state index contributed by atoms with van der Waals surface area (Å²) < 4.78 is 5.57. The summed E-state index contributed by atoms with van der Waals surface area (Å²) in [5.41, 5.74) is 5.72. The molecule has 0 spiro atoms. The monoisotopic (exact) mass is 370 g/mol. The first-order chi connectivity index (χ1) is 13.8. The fourth-order valence-corrected chi connectivity index (χ4v) is 4.01. The molecule has 0 saturated heterocycles. The zero-order chi connectivity index (χ0) is 18.9. The van der Waals surface area contributed by atoms with Gasteiger partial charge in [-0.3, -0.25) is 9.98 Å². The number of para-hydroxylation sites is 1. The minimum absolute atomic E-state index is 0.0349. The number of allylic oxidation sites excluding steroid dienone is 1. The quantitative estimate of drug-likeness (QED) is 0.870. The summed E-state index contributed by atoms with van der Waals surface area (Å²) in [4.78, 5) is 9.30. The van der Waals surface area contributed by atoms with Crippen molar-refractivity contribution in [3.8, 4) is 5.75 Å². The molecule has 2 unspecified atom stereocenters. The molecule has 140 valence electrons. The maximum atomic E-state index is 5.57. The van der Waals surface area contributed by atoms with Crippen LogP contribution in [0, 0.1) is 5.92 Å². The van der Waals surface area contributed by atoms with Gasteiger partial charge in [-0.05, 0) is 28.8 Å². The molecule has 3 aliphatic rings. The Morgan fingerprint density at radius 2 is 1.96 bits per heavy atom. The van der Waals surface area contributed by atoms with Crippen molar-refractivity contribution in [1.29, 1.82) is 0 Å².